The average Bonchev–Trinajstić information content (AvgIpc) is 2.77. The van der Waals surface area contributed by atoms with Crippen molar-refractivity contribution in [3.8, 4) is 0 Å². The Morgan fingerprint density at radius 2 is 1.65 bits per heavy atom. The lowest BCUT2D eigenvalue weighted by molar-refractivity contribution is 0.421. The molecule has 17 heavy (non-hydrogen) atoms. The van der Waals surface area contributed by atoms with Crippen LogP contribution in [0.4, 0.5) is 0 Å². The minimum atomic E-state index is 0.847. The molecule has 2 rings (SSSR count). The van der Waals surface area contributed by atoms with Gasteiger partial charge < -0.3 is 4.98 Å². The van der Waals surface area contributed by atoms with Gasteiger partial charge in [-0.2, -0.15) is 0 Å². The highest BCUT2D eigenvalue weighted by atomic mass is 14.9. The smallest absolute Gasteiger partial charge is 0.106 e. The van der Waals surface area contributed by atoms with E-state index in [1.54, 1.807) is 0 Å². The second-order valence-corrected chi connectivity index (χ2v) is 5.93. The lowest BCUT2D eigenvalue weighted by Gasteiger charge is -2.12. The summed E-state index contributed by atoms with van der Waals surface area (Å²) in [7, 11) is 0. The molecule has 2 bridgehead atoms. The van der Waals surface area contributed by atoms with Crippen LogP contribution in [0.2, 0.25) is 0 Å². The van der Waals surface area contributed by atoms with Gasteiger partial charge in [-0.3, -0.25) is 0 Å². The number of nitrogens with zero attached hydrogens (tertiary/aromatic N) is 1. The first-order valence-electron chi connectivity index (χ1n) is 7.27. The summed E-state index contributed by atoms with van der Waals surface area (Å²) in [6, 6.07) is 0. The highest BCUT2D eigenvalue weighted by molar-refractivity contribution is 5.01. The van der Waals surface area contributed by atoms with Gasteiger partial charge in [-0.15, -0.1) is 0 Å². The molecule has 2 nitrogen and oxygen atoms in total. The van der Waals surface area contributed by atoms with E-state index in [9.17, 15) is 0 Å². The number of imidazole rings is 1. The number of fused-ring (bicyclic) bond motifs is 2. The van der Waals surface area contributed by atoms with Gasteiger partial charge in [0.1, 0.15) is 5.82 Å². The third-order valence-electron chi connectivity index (χ3n) is 4.11. The van der Waals surface area contributed by atoms with Gasteiger partial charge in [-0.05, 0) is 31.1 Å². The fourth-order valence-electron chi connectivity index (χ4n) is 2.72. The van der Waals surface area contributed by atoms with Crippen molar-refractivity contribution < 1.29 is 0 Å². The van der Waals surface area contributed by atoms with E-state index in [-0.39, 0.29) is 0 Å². The highest BCUT2D eigenvalue weighted by Gasteiger charge is 2.09. The van der Waals surface area contributed by atoms with Crippen LogP contribution < -0.4 is 0 Å². The average molecular weight is 234 g/mol. The molecule has 1 aromatic heterocycles. The number of nitrogens with one attached hydrogen (secondary N) is 1. The summed E-state index contributed by atoms with van der Waals surface area (Å²) >= 11 is 0. The standard InChI is InChI=1S/C15H26N2/c1-12-5-3-4-6-13(2)8-10-15-16-11-14(17-15)9-7-12/h11-13H,3-10H2,1-2H3,(H,16,17). The Balaban J connectivity index is 1.97. The van der Waals surface area contributed by atoms with Crippen LogP contribution in [0.25, 0.3) is 0 Å². The molecule has 0 saturated carbocycles. The minimum absolute atomic E-state index is 0.847. The minimum Gasteiger partial charge on any atom is -0.346 e. The van der Waals surface area contributed by atoms with Crippen LogP contribution in [-0.2, 0) is 12.8 Å². The zero-order chi connectivity index (χ0) is 12.1. The molecule has 96 valence electrons. The van der Waals surface area contributed by atoms with E-state index in [0.29, 0.717) is 0 Å². The number of H-pyrrole nitrogens is 1. The van der Waals surface area contributed by atoms with Gasteiger partial charge in [0, 0.05) is 18.3 Å². The van der Waals surface area contributed by atoms with Gasteiger partial charge in [-0.1, -0.05) is 39.5 Å². The zero-order valence-electron chi connectivity index (χ0n) is 11.3. The van der Waals surface area contributed by atoms with Crippen molar-refractivity contribution in [3.63, 3.8) is 0 Å². The lowest BCUT2D eigenvalue weighted by Crippen LogP contribution is -2.00. The number of rotatable bonds is 0. The molecule has 1 aromatic rings. The fourth-order valence-corrected chi connectivity index (χ4v) is 2.72. The summed E-state index contributed by atoms with van der Waals surface area (Å²) < 4.78 is 0. The molecule has 1 aliphatic rings. The van der Waals surface area contributed by atoms with Crippen LogP contribution in [0.3, 0.4) is 0 Å². The molecule has 0 aliphatic carbocycles. The Kier molecular flexibility index (Phi) is 4.64. The van der Waals surface area contributed by atoms with E-state index >= 15 is 0 Å². The Bertz CT molecular complexity index is 299. The molecule has 0 radical (unpaired) electrons. The Hall–Kier alpha value is -0.790. The number of hydrogen-bond acceptors (Lipinski definition) is 1. The largest absolute Gasteiger partial charge is 0.346 e. The molecule has 0 aromatic carbocycles. The second-order valence-electron chi connectivity index (χ2n) is 5.93. The molecule has 2 atom stereocenters. The van der Waals surface area contributed by atoms with Crippen molar-refractivity contribution >= 4 is 0 Å². The molecule has 1 aliphatic heterocycles. The van der Waals surface area contributed by atoms with Crippen LogP contribution in [-0.4, -0.2) is 9.97 Å². The van der Waals surface area contributed by atoms with Gasteiger partial charge in [0.2, 0.25) is 0 Å². The molecule has 0 saturated heterocycles. The second kappa shape index (κ2) is 6.23. The van der Waals surface area contributed by atoms with Crippen molar-refractivity contribution in [3.05, 3.63) is 17.7 Å². The van der Waals surface area contributed by atoms with E-state index in [0.717, 1.165) is 18.3 Å². The van der Waals surface area contributed by atoms with Crippen molar-refractivity contribution in [1.82, 2.24) is 9.97 Å². The van der Waals surface area contributed by atoms with E-state index in [2.05, 4.69) is 23.8 Å². The number of aromatic nitrogens is 2. The van der Waals surface area contributed by atoms with Gasteiger partial charge in [0.15, 0.2) is 0 Å². The molecule has 0 spiro atoms. The maximum Gasteiger partial charge on any atom is 0.106 e. The van der Waals surface area contributed by atoms with Crippen molar-refractivity contribution in [2.75, 3.05) is 0 Å². The number of aryl methyl sites for hydroxylation is 2. The normalized spacial score (nSPS) is 27.9. The van der Waals surface area contributed by atoms with Crippen LogP contribution in [0.15, 0.2) is 6.20 Å². The summed E-state index contributed by atoms with van der Waals surface area (Å²) in [6.45, 7) is 4.77. The molecular weight excluding hydrogens is 208 g/mol. The summed E-state index contributed by atoms with van der Waals surface area (Å²) in [6.07, 6.45) is 12.5. The van der Waals surface area contributed by atoms with Gasteiger partial charge in [0.05, 0.1) is 0 Å². The zero-order valence-corrected chi connectivity index (χ0v) is 11.3. The predicted octanol–water partition coefficient (Wildman–Crippen LogP) is 4.12. The van der Waals surface area contributed by atoms with Gasteiger partial charge in [-0.25, -0.2) is 4.98 Å². The van der Waals surface area contributed by atoms with Crippen molar-refractivity contribution in [1.29, 1.82) is 0 Å². The number of hydrogen-bond donors (Lipinski definition) is 1. The first-order valence-corrected chi connectivity index (χ1v) is 7.27. The Morgan fingerprint density at radius 3 is 2.35 bits per heavy atom. The molecular formula is C15H26N2. The van der Waals surface area contributed by atoms with Gasteiger partial charge in [0.25, 0.3) is 0 Å². The van der Waals surface area contributed by atoms with E-state index in [4.69, 9.17) is 0 Å². The number of aromatic amines is 1. The monoisotopic (exact) mass is 234 g/mol. The molecule has 2 heteroatoms. The van der Waals surface area contributed by atoms with Crippen LogP contribution in [0.5, 0.6) is 0 Å². The van der Waals surface area contributed by atoms with Crippen LogP contribution in [0, 0.1) is 11.8 Å². The molecule has 1 N–H and O–H groups in total. The molecule has 0 fully saturated rings. The highest BCUT2D eigenvalue weighted by Crippen LogP contribution is 2.20. The predicted molar refractivity (Wildman–Crippen MR) is 72.0 cm³/mol. The molecule has 2 heterocycles. The van der Waals surface area contributed by atoms with Crippen molar-refractivity contribution in [2.45, 2.75) is 65.2 Å². The van der Waals surface area contributed by atoms with E-state index in [1.165, 1.54) is 56.5 Å². The summed E-state index contributed by atoms with van der Waals surface area (Å²) in [5, 5.41) is 0. The third kappa shape index (κ3) is 4.18. The third-order valence-corrected chi connectivity index (χ3v) is 4.11. The lowest BCUT2D eigenvalue weighted by atomic mass is 9.94. The molecule has 0 amide bonds. The van der Waals surface area contributed by atoms with Gasteiger partial charge >= 0.3 is 0 Å². The van der Waals surface area contributed by atoms with Crippen LogP contribution >= 0.6 is 0 Å². The van der Waals surface area contributed by atoms with E-state index in [1.807, 2.05) is 6.20 Å². The Morgan fingerprint density at radius 1 is 1.00 bits per heavy atom. The van der Waals surface area contributed by atoms with Crippen LogP contribution in [0.1, 0.15) is 63.9 Å². The SMILES string of the molecule is CC1CCCCC(C)CCc2ncc([nH]2)CC1. The molecule has 2 unspecified atom stereocenters. The maximum atomic E-state index is 4.49. The topological polar surface area (TPSA) is 28.7 Å². The quantitative estimate of drug-likeness (QED) is 0.718. The van der Waals surface area contributed by atoms with Crippen molar-refractivity contribution in [2.24, 2.45) is 11.8 Å². The Labute approximate surface area is 105 Å². The first-order chi connectivity index (χ1) is 8.24. The summed E-state index contributed by atoms with van der Waals surface area (Å²) in [5.41, 5.74) is 1.33. The fraction of sp³-hybridized carbons (Fsp3) is 0.800. The maximum absolute atomic E-state index is 4.49. The summed E-state index contributed by atoms with van der Waals surface area (Å²) in [4.78, 5) is 7.97. The summed E-state index contributed by atoms with van der Waals surface area (Å²) in [5.74, 6) is 2.90. The first kappa shape index (κ1) is 12.7. The van der Waals surface area contributed by atoms with E-state index < -0.39 is 0 Å².